The minimum absolute atomic E-state index is 0.152. The third kappa shape index (κ3) is 6.43. The van der Waals surface area contributed by atoms with E-state index in [9.17, 15) is 18.0 Å². The lowest BCUT2D eigenvalue weighted by atomic mass is 10.1. The van der Waals surface area contributed by atoms with Crippen LogP contribution in [0.1, 0.15) is 38.8 Å². The maximum Gasteiger partial charge on any atom is 0.338 e. The maximum atomic E-state index is 12.6. The second kappa shape index (κ2) is 10.3. The average molecular weight is 467 g/mol. The fourth-order valence-corrected chi connectivity index (χ4v) is 4.10. The molecule has 0 aliphatic rings. The van der Waals surface area contributed by atoms with Gasteiger partial charge in [0, 0.05) is 11.3 Å². The largest absolute Gasteiger partial charge is 0.462 e. The molecule has 3 rings (SSSR count). The van der Waals surface area contributed by atoms with Crippen molar-refractivity contribution in [1.82, 2.24) is 0 Å². The van der Waals surface area contributed by atoms with Gasteiger partial charge in [-0.3, -0.25) is 9.10 Å². The molecular formula is C25H26N2O5S. The molecule has 0 saturated heterocycles. The van der Waals surface area contributed by atoms with Gasteiger partial charge in [-0.25, -0.2) is 13.2 Å². The summed E-state index contributed by atoms with van der Waals surface area (Å²) in [5.74, 6) is -0.733. The van der Waals surface area contributed by atoms with Crippen LogP contribution in [0.25, 0.3) is 0 Å². The molecule has 0 spiro atoms. The van der Waals surface area contributed by atoms with Crippen molar-refractivity contribution in [3.8, 4) is 0 Å². The molecule has 7 nitrogen and oxygen atoms in total. The van der Waals surface area contributed by atoms with Gasteiger partial charge >= 0.3 is 5.97 Å². The van der Waals surface area contributed by atoms with Crippen molar-refractivity contribution in [1.29, 1.82) is 0 Å². The zero-order valence-electron chi connectivity index (χ0n) is 18.7. The van der Waals surface area contributed by atoms with Crippen LogP contribution in [0.3, 0.4) is 0 Å². The van der Waals surface area contributed by atoms with E-state index in [1.54, 1.807) is 61.5 Å². The first-order chi connectivity index (χ1) is 15.7. The van der Waals surface area contributed by atoms with Crippen molar-refractivity contribution in [3.63, 3.8) is 0 Å². The fourth-order valence-electron chi connectivity index (χ4n) is 3.22. The Bertz CT molecular complexity index is 1240. The highest BCUT2D eigenvalue weighted by molar-refractivity contribution is 7.92. The van der Waals surface area contributed by atoms with Crippen LogP contribution in [0.5, 0.6) is 0 Å². The summed E-state index contributed by atoms with van der Waals surface area (Å²) in [5, 5.41) is 2.78. The Kier molecular flexibility index (Phi) is 7.50. The van der Waals surface area contributed by atoms with E-state index < -0.39 is 16.0 Å². The molecule has 0 fully saturated rings. The van der Waals surface area contributed by atoms with Gasteiger partial charge in [-0.15, -0.1) is 0 Å². The quantitative estimate of drug-likeness (QED) is 0.497. The molecule has 1 N–H and O–H groups in total. The number of amides is 1. The number of ether oxygens (including phenoxy) is 1. The van der Waals surface area contributed by atoms with Gasteiger partial charge in [-0.05, 0) is 73.5 Å². The van der Waals surface area contributed by atoms with Gasteiger partial charge in [0.2, 0.25) is 10.0 Å². The van der Waals surface area contributed by atoms with Gasteiger partial charge in [0.1, 0.15) is 0 Å². The molecule has 3 aromatic rings. The second-order valence-electron chi connectivity index (χ2n) is 7.56. The monoisotopic (exact) mass is 466 g/mol. The van der Waals surface area contributed by atoms with E-state index in [2.05, 4.69) is 5.32 Å². The minimum Gasteiger partial charge on any atom is -0.462 e. The van der Waals surface area contributed by atoms with Crippen molar-refractivity contribution in [2.75, 3.05) is 22.5 Å². The predicted octanol–water partition coefficient (Wildman–Crippen LogP) is 4.39. The summed E-state index contributed by atoms with van der Waals surface area (Å²) in [5.41, 5.74) is 3.67. The van der Waals surface area contributed by atoms with Crippen molar-refractivity contribution in [2.45, 2.75) is 20.4 Å². The van der Waals surface area contributed by atoms with Gasteiger partial charge < -0.3 is 10.1 Å². The molecule has 0 bridgehead atoms. The number of nitrogens with zero attached hydrogens (tertiary/aromatic N) is 1. The van der Waals surface area contributed by atoms with Crippen molar-refractivity contribution < 1.29 is 22.7 Å². The van der Waals surface area contributed by atoms with E-state index in [1.165, 1.54) is 10.6 Å². The summed E-state index contributed by atoms with van der Waals surface area (Å²) in [6.45, 7) is 4.08. The molecule has 172 valence electrons. The smallest absolute Gasteiger partial charge is 0.338 e. The van der Waals surface area contributed by atoms with Crippen LogP contribution in [-0.4, -0.2) is 33.2 Å². The van der Waals surface area contributed by atoms with Gasteiger partial charge in [0.15, 0.2) is 0 Å². The third-order valence-electron chi connectivity index (χ3n) is 4.89. The highest BCUT2D eigenvalue weighted by Crippen LogP contribution is 2.22. The van der Waals surface area contributed by atoms with E-state index in [1.807, 2.05) is 25.1 Å². The Balaban J connectivity index is 1.70. The number of hydrogen-bond acceptors (Lipinski definition) is 5. The Hall–Kier alpha value is -3.65. The molecule has 0 aromatic heterocycles. The zero-order valence-corrected chi connectivity index (χ0v) is 19.6. The number of hydrogen-bond donors (Lipinski definition) is 1. The van der Waals surface area contributed by atoms with Crippen molar-refractivity contribution in [2.24, 2.45) is 0 Å². The van der Waals surface area contributed by atoms with E-state index in [4.69, 9.17) is 4.74 Å². The highest BCUT2D eigenvalue weighted by Gasteiger charge is 2.18. The van der Waals surface area contributed by atoms with Crippen LogP contribution >= 0.6 is 0 Å². The molecule has 0 aliphatic heterocycles. The molecule has 0 saturated carbocycles. The maximum absolute atomic E-state index is 12.6. The zero-order chi connectivity index (χ0) is 24.0. The van der Waals surface area contributed by atoms with E-state index in [-0.39, 0.29) is 12.5 Å². The van der Waals surface area contributed by atoms with Gasteiger partial charge in [-0.1, -0.05) is 24.3 Å². The number of rotatable bonds is 8. The fraction of sp³-hybridized carbons (Fsp3) is 0.200. The Labute approximate surface area is 194 Å². The average Bonchev–Trinajstić information content (AvgIpc) is 2.77. The standard InChI is InChI=1S/C25H26N2O5S/c1-4-32-25(29)21-12-14-22(15-13-21)26-24(28)20-10-8-19(9-11-20)17-27(33(3,30)31)23-7-5-6-18(2)16-23/h5-16H,4,17H2,1-3H3,(H,26,28). The number of aryl methyl sites for hydroxylation is 1. The van der Waals surface area contributed by atoms with Crippen LogP contribution in [0.15, 0.2) is 72.8 Å². The SMILES string of the molecule is CCOC(=O)c1ccc(NC(=O)c2ccc(CN(c3cccc(C)c3)S(C)(=O)=O)cc2)cc1. The summed E-state index contributed by atoms with van der Waals surface area (Å²) in [6.07, 6.45) is 1.17. The van der Waals surface area contributed by atoms with E-state index in [0.717, 1.165) is 11.1 Å². The van der Waals surface area contributed by atoms with Crippen LogP contribution < -0.4 is 9.62 Å². The van der Waals surface area contributed by atoms with Gasteiger partial charge in [-0.2, -0.15) is 0 Å². The normalized spacial score (nSPS) is 11.0. The predicted molar refractivity (Wildman–Crippen MR) is 129 cm³/mol. The van der Waals surface area contributed by atoms with Gasteiger partial charge in [0.05, 0.1) is 30.7 Å². The number of sulfonamides is 1. The molecule has 3 aromatic carbocycles. The Morgan fingerprint density at radius 1 is 0.939 bits per heavy atom. The molecule has 0 aliphatic carbocycles. The number of benzene rings is 3. The lowest BCUT2D eigenvalue weighted by Crippen LogP contribution is -2.29. The summed E-state index contributed by atoms with van der Waals surface area (Å²) in [7, 11) is -3.49. The second-order valence-corrected chi connectivity index (χ2v) is 9.46. The number of nitrogens with one attached hydrogen (secondary N) is 1. The highest BCUT2D eigenvalue weighted by atomic mass is 32.2. The van der Waals surface area contributed by atoms with E-state index in [0.29, 0.717) is 29.1 Å². The van der Waals surface area contributed by atoms with Crippen LogP contribution in [0.2, 0.25) is 0 Å². The van der Waals surface area contributed by atoms with Crippen LogP contribution in [0.4, 0.5) is 11.4 Å². The molecule has 0 atom stereocenters. The summed E-state index contributed by atoms with van der Waals surface area (Å²) < 4.78 is 31.0. The first-order valence-corrected chi connectivity index (χ1v) is 12.2. The number of esters is 1. The summed E-state index contributed by atoms with van der Waals surface area (Å²) in [4.78, 5) is 24.3. The van der Waals surface area contributed by atoms with Crippen LogP contribution in [-0.2, 0) is 21.3 Å². The topological polar surface area (TPSA) is 92.8 Å². The molecule has 8 heteroatoms. The minimum atomic E-state index is -3.49. The van der Waals surface area contributed by atoms with E-state index >= 15 is 0 Å². The van der Waals surface area contributed by atoms with Crippen molar-refractivity contribution >= 4 is 33.3 Å². The lowest BCUT2D eigenvalue weighted by Gasteiger charge is -2.23. The molecule has 1 amide bonds. The molecule has 33 heavy (non-hydrogen) atoms. The van der Waals surface area contributed by atoms with Crippen LogP contribution in [0, 0.1) is 6.92 Å². The first-order valence-electron chi connectivity index (χ1n) is 10.4. The number of carbonyl (C=O) groups is 2. The third-order valence-corrected chi connectivity index (χ3v) is 6.03. The molecule has 0 heterocycles. The number of anilines is 2. The van der Waals surface area contributed by atoms with Crippen molar-refractivity contribution in [3.05, 3.63) is 95.1 Å². The lowest BCUT2D eigenvalue weighted by molar-refractivity contribution is 0.0526. The summed E-state index contributed by atoms with van der Waals surface area (Å²) >= 11 is 0. The van der Waals surface area contributed by atoms with Gasteiger partial charge in [0.25, 0.3) is 5.91 Å². The number of carbonyl (C=O) groups excluding carboxylic acids is 2. The Morgan fingerprint density at radius 2 is 1.58 bits per heavy atom. The Morgan fingerprint density at radius 3 is 2.15 bits per heavy atom. The summed E-state index contributed by atoms with van der Waals surface area (Å²) in [6, 6.07) is 20.5. The molecular weight excluding hydrogens is 440 g/mol. The first kappa shape index (κ1) is 24.0. The molecule has 0 radical (unpaired) electrons. The molecule has 0 unspecified atom stereocenters.